The number of rotatable bonds is 5. The van der Waals surface area contributed by atoms with Crippen molar-refractivity contribution in [3.05, 3.63) is 59.7 Å². The first-order chi connectivity index (χ1) is 9.62. The lowest BCUT2D eigenvalue weighted by Crippen LogP contribution is -2.33. The van der Waals surface area contributed by atoms with Crippen LogP contribution in [0.15, 0.2) is 54.1 Å². The van der Waals surface area contributed by atoms with Gasteiger partial charge in [0, 0.05) is 31.8 Å². The van der Waals surface area contributed by atoms with Crippen LogP contribution in [0.3, 0.4) is 0 Å². The van der Waals surface area contributed by atoms with E-state index in [9.17, 15) is 9.59 Å². The first-order valence-corrected chi connectivity index (χ1v) is 6.25. The Hall–Kier alpha value is -2.04. The average Bonchev–Trinajstić information content (AvgIpc) is 2.54. The molecule has 1 aromatic rings. The summed E-state index contributed by atoms with van der Waals surface area (Å²) in [5.74, 6) is -1.88. The molecule has 0 aliphatic heterocycles. The van der Waals surface area contributed by atoms with Crippen LogP contribution in [0.2, 0.25) is 0 Å². The molecule has 0 saturated carbocycles. The van der Waals surface area contributed by atoms with Crippen molar-refractivity contribution in [2.75, 3.05) is 14.2 Å². The summed E-state index contributed by atoms with van der Waals surface area (Å²) in [7, 11) is 3.06. The van der Waals surface area contributed by atoms with Gasteiger partial charge in [0.1, 0.15) is 0 Å². The summed E-state index contributed by atoms with van der Waals surface area (Å²) in [6.07, 6.45) is 5.27. The van der Waals surface area contributed by atoms with Gasteiger partial charge in [0.15, 0.2) is 5.79 Å². The molecule has 0 fully saturated rings. The Bertz CT molecular complexity index is 565. The number of Topliss-reactive ketones (excluding diaryl/α,β-unsaturated/α-hetero) is 2. The van der Waals surface area contributed by atoms with E-state index in [1.807, 2.05) is 0 Å². The fourth-order valence-corrected chi connectivity index (χ4v) is 2.01. The molecule has 0 bridgehead atoms. The second kappa shape index (κ2) is 5.94. The molecule has 0 spiro atoms. The molecule has 1 aliphatic rings. The monoisotopic (exact) mass is 272 g/mol. The highest BCUT2D eigenvalue weighted by Gasteiger charge is 2.30. The van der Waals surface area contributed by atoms with Crippen LogP contribution < -0.4 is 0 Å². The minimum atomic E-state index is -0.848. The molecule has 4 nitrogen and oxygen atoms in total. The molecule has 0 amide bonds. The lowest BCUT2D eigenvalue weighted by Gasteiger charge is -2.28. The lowest BCUT2D eigenvalue weighted by atomic mass is 9.95. The van der Waals surface area contributed by atoms with E-state index in [2.05, 4.69) is 0 Å². The number of benzene rings is 1. The molecular formula is C16H16O4. The predicted molar refractivity (Wildman–Crippen MR) is 74.4 cm³/mol. The molecule has 0 atom stereocenters. The van der Waals surface area contributed by atoms with Crippen LogP contribution in [0.25, 0.3) is 0 Å². The second-order valence-electron chi connectivity index (χ2n) is 4.44. The zero-order chi connectivity index (χ0) is 14.6. The number of hydrogen-bond acceptors (Lipinski definition) is 4. The maximum Gasteiger partial charge on any atom is 0.233 e. The smallest absolute Gasteiger partial charge is 0.233 e. The van der Waals surface area contributed by atoms with Gasteiger partial charge in [-0.2, -0.15) is 0 Å². The van der Waals surface area contributed by atoms with Gasteiger partial charge in [0.05, 0.1) is 0 Å². The van der Waals surface area contributed by atoms with Gasteiger partial charge in [-0.1, -0.05) is 36.4 Å². The quantitative estimate of drug-likeness (QED) is 0.469. The van der Waals surface area contributed by atoms with E-state index in [0.29, 0.717) is 17.6 Å². The predicted octanol–water partition coefficient (Wildman–Crippen LogP) is 2.31. The number of methoxy groups -OCH3 is 2. The number of ether oxygens (including phenoxy) is 2. The molecule has 0 radical (unpaired) electrons. The topological polar surface area (TPSA) is 52.6 Å². The fourth-order valence-electron chi connectivity index (χ4n) is 2.01. The Morgan fingerprint density at radius 3 is 2.20 bits per heavy atom. The SMILES string of the molecule is COC1(OC)C=CC(C(=O)C(=O)c2ccccc2)=CC1. The van der Waals surface area contributed by atoms with Crippen LogP contribution in [-0.2, 0) is 14.3 Å². The van der Waals surface area contributed by atoms with Crippen molar-refractivity contribution in [1.29, 1.82) is 0 Å². The van der Waals surface area contributed by atoms with Crippen molar-refractivity contribution in [2.24, 2.45) is 0 Å². The first-order valence-electron chi connectivity index (χ1n) is 6.25. The Morgan fingerprint density at radius 1 is 1.05 bits per heavy atom. The minimum absolute atomic E-state index is 0.364. The fraction of sp³-hybridized carbons (Fsp3) is 0.250. The van der Waals surface area contributed by atoms with Gasteiger partial charge in [0.2, 0.25) is 11.6 Å². The summed E-state index contributed by atoms with van der Waals surface area (Å²) < 4.78 is 10.5. The largest absolute Gasteiger partial charge is 0.349 e. The molecule has 104 valence electrons. The molecule has 20 heavy (non-hydrogen) atoms. The van der Waals surface area contributed by atoms with Crippen molar-refractivity contribution in [1.82, 2.24) is 0 Å². The summed E-state index contributed by atoms with van der Waals surface area (Å²) in [6.45, 7) is 0. The zero-order valence-corrected chi connectivity index (χ0v) is 11.5. The normalized spacial score (nSPS) is 16.6. The molecule has 2 rings (SSSR count). The maximum absolute atomic E-state index is 12.1. The summed E-state index contributed by atoms with van der Waals surface area (Å²) in [4.78, 5) is 24.2. The van der Waals surface area contributed by atoms with Gasteiger partial charge < -0.3 is 9.47 Å². The van der Waals surface area contributed by atoms with Crippen LogP contribution in [-0.4, -0.2) is 31.6 Å². The number of ketones is 2. The summed E-state index contributed by atoms with van der Waals surface area (Å²) in [6, 6.07) is 8.51. The third-order valence-corrected chi connectivity index (χ3v) is 3.32. The molecule has 1 aliphatic carbocycles. The van der Waals surface area contributed by atoms with E-state index in [4.69, 9.17) is 9.47 Å². The molecule has 1 aromatic carbocycles. The van der Waals surface area contributed by atoms with E-state index in [1.165, 1.54) is 14.2 Å². The second-order valence-corrected chi connectivity index (χ2v) is 4.44. The van der Waals surface area contributed by atoms with Crippen LogP contribution in [0.5, 0.6) is 0 Å². The van der Waals surface area contributed by atoms with Crippen molar-refractivity contribution < 1.29 is 19.1 Å². The van der Waals surface area contributed by atoms with Gasteiger partial charge in [-0.05, 0) is 12.2 Å². The summed E-state index contributed by atoms with van der Waals surface area (Å²) in [5.41, 5.74) is 0.755. The lowest BCUT2D eigenvalue weighted by molar-refractivity contribution is -0.167. The number of carbonyl (C=O) groups excluding carboxylic acids is 2. The molecule has 0 N–H and O–H groups in total. The Balaban J connectivity index is 2.15. The van der Waals surface area contributed by atoms with Crippen LogP contribution >= 0.6 is 0 Å². The molecule has 0 aromatic heterocycles. The first kappa shape index (κ1) is 14.4. The van der Waals surface area contributed by atoms with E-state index in [1.54, 1.807) is 48.6 Å². The van der Waals surface area contributed by atoms with Gasteiger partial charge >= 0.3 is 0 Å². The summed E-state index contributed by atoms with van der Waals surface area (Å²) in [5, 5.41) is 0. The average molecular weight is 272 g/mol. The Kier molecular flexibility index (Phi) is 4.27. The Labute approximate surface area is 117 Å². The van der Waals surface area contributed by atoms with Crippen LogP contribution in [0.1, 0.15) is 16.8 Å². The van der Waals surface area contributed by atoms with E-state index in [-0.39, 0.29) is 0 Å². The third kappa shape index (κ3) is 2.76. The van der Waals surface area contributed by atoms with E-state index >= 15 is 0 Å². The van der Waals surface area contributed by atoms with Crippen LogP contribution in [0, 0.1) is 0 Å². The van der Waals surface area contributed by atoms with Gasteiger partial charge in [-0.25, -0.2) is 0 Å². The minimum Gasteiger partial charge on any atom is -0.349 e. The standard InChI is InChI=1S/C16H16O4/c1-19-16(20-2)10-8-13(9-11-16)15(18)14(17)12-6-4-3-5-7-12/h3-10H,11H2,1-2H3. The molecule has 0 unspecified atom stereocenters. The van der Waals surface area contributed by atoms with Crippen molar-refractivity contribution in [3.63, 3.8) is 0 Å². The van der Waals surface area contributed by atoms with Crippen LogP contribution in [0.4, 0.5) is 0 Å². The highest BCUT2D eigenvalue weighted by Crippen LogP contribution is 2.25. The van der Waals surface area contributed by atoms with Crippen molar-refractivity contribution >= 4 is 11.6 Å². The number of carbonyl (C=O) groups is 2. The molecule has 0 saturated heterocycles. The van der Waals surface area contributed by atoms with Crippen molar-refractivity contribution in [2.45, 2.75) is 12.2 Å². The number of hydrogen-bond donors (Lipinski definition) is 0. The number of allylic oxidation sites excluding steroid dienone is 2. The van der Waals surface area contributed by atoms with Gasteiger partial charge in [-0.3, -0.25) is 9.59 Å². The molecule has 4 heteroatoms. The molecule has 0 heterocycles. The molecular weight excluding hydrogens is 256 g/mol. The highest BCUT2D eigenvalue weighted by molar-refractivity contribution is 6.49. The zero-order valence-electron chi connectivity index (χ0n) is 11.5. The van der Waals surface area contributed by atoms with Gasteiger partial charge in [0.25, 0.3) is 0 Å². The Morgan fingerprint density at radius 2 is 1.70 bits per heavy atom. The van der Waals surface area contributed by atoms with E-state index < -0.39 is 17.4 Å². The summed E-state index contributed by atoms with van der Waals surface area (Å²) >= 11 is 0. The van der Waals surface area contributed by atoms with Gasteiger partial charge in [-0.15, -0.1) is 0 Å². The third-order valence-electron chi connectivity index (χ3n) is 3.32. The van der Waals surface area contributed by atoms with Crippen molar-refractivity contribution in [3.8, 4) is 0 Å². The highest BCUT2D eigenvalue weighted by atomic mass is 16.7. The van der Waals surface area contributed by atoms with E-state index in [0.717, 1.165) is 0 Å². The maximum atomic E-state index is 12.1.